The van der Waals surface area contributed by atoms with E-state index in [2.05, 4.69) is 561 Å². The Bertz CT molecular complexity index is 8050. The minimum atomic E-state index is 0.0694. The van der Waals surface area contributed by atoms with Crippen molar-refractivity contribution in [1.29, 1.82) is 0 Å². The first-order valence-electron chi connectivity index (χ1n) is 47.5. The molecule has 0 spiro atoms. The number of para-hydroxylation sites is 2. The smallest absolute Gasteiger partial charge is 0.201 e. The summed E-state index contributed by atoms with van der Waals surface area (Å²) in [6.45, 7) is 20.2. The zero-order valence-corrected chi connectivity index (χ0v) is 82.3. The van der Waals surface area contributed by atoms with Gasteiger partial charge in [0.15, 0.2) is 42.4 Å². The summed E-state index contributed by atoms with van der Waals surface area (Å²) in [5, 5.41) is 5.18. The maximum Gasteiger partial charge on any atom is 0.216 e. The van der Waals surface area contributed by atoms with Gasteiger partial charge in [-0.05, 0) is 229 Å². The fraction of sp³-hybridized carbons (Fsp3) is 0.175. The van der Waals surface area contributed by atoms with E-state index < -0.39 is 0 Å². The molecule has 0 saturated carbocycles. The van der Waals surface area contributed by atoms with Gasteiger partial charge < -0.3 is 0 Å². The molecule has 2 aliphatic carbocycles. The van der Waals surface area contributed by atoms with E-state index in [4.69, 9.17) is 0 Å². The molecule has 668 valence electrons. The Balaban J connectivity index is 0.000000113. The predicted molar refractivity (Wildman–Crippen MR) is 554 cm³/mol. The van der Waals surface area contributed by atoms with E-state index >= 15 is 0 Å². The van der Waals surface area contributed by atoms with Crippen molar-refractivity contribution in [3.05, 3.63) is 444 Å². The van der Waals surface area contributed by atoms with Crippen LogP contribution in [0.1, 0.15) is 82.2 Å². The van der Waals surface area contributed by atoms with Crippen LogP contribution in [0.5, 0.6) is 0 Å². The fourth-order valence-electron chi connectivity index (χ4n) is 20.8. The quantitative estimate of drug-likeness (QED) is 0.122. The van der Waals surface area contributed by atoms with Crippen LogP contribution in [0.15, 0.2) is 383 Å². The summed E-state index contributed by atoms with van der Waals surface area (Å²) in [6.07, 6.45) is 12.5. The van der Waals surface area contributed by atoms with E-state index in [1.807, 2.05) is 0 Å². The van der Waals surface area contributed by atoms with Crippen LogP contribution < -0.4 is 45.7 Å². The predicted octanol–water partition coefficient (Wildman–Crippen LogP) is 23.1. The number of hydrogen-bond acceptors (Lipinski definition) is 0. The van der Waals surface area contributed by atoms with Crippen molar-refractivity contribution < 1.29 is 45.7 Å². The van der Waals surface area contributed by atoms with Crippen LogP contribution in [0.3, 0.4) is 0 Å². The van der Waals surface area contributed by atoms with Crippen molar-refractivity contribution in [2.75, 3.05) is 0 Å². The van der Waals surface area contributed by atoms with E-state index in [9.17, 15) is 0 Å². The number of rotatable bonds is 10. The Morgan fingerprint density at radius 1 is 0.206 bits per heavy atom. The maximum absolute atomic E-state index is 2.39. The average Bonchev–Trinajstić information content (AvgIpc) is 1.37. The highest BCUT2D eigenvalue weighted by Gasteiger charge is 2.34. The van der Waals surface area contributed by atoms with E-state index in [-0.39, 0.29) is 5.41 Å². The summed E-state index contributed by atoms with van der Waals surface area (Å²) in [5.41, 5.74) is 48.1. The van der Waals surface area contributed by atoms with Gasteiger partial charge in [0.1, 0.15) is 70.5 Å². The van der Waals surface area contributed by atoms with Crippen LogP contribution in [0.25, 0.3) is 168 Å². The van der Waals surface area contributed by atoms with Crippen molar-refractivity contribution in [3.63, 3.8) is 0 Å². The van der Waals surface area contributed by atoms with Gasteiger partial charge in [-0.1, -0.05) is 136 Å². The minimum Gasteiger partial charge on any atom is -0.201 e. The number of hydrogen-bond donors (Lipinski definition) is 0. The third-order valence-corrected chi connectivity index (χ3v) is 28.5. The lowest BCUT2D eigenvalue weighted by Crippen LogP contribution is -2.36. The molecule has 0 aliphatic heterocycles. The Morgan fingerprint density at radius 3 is 0.978 bits per heavy atom. The van der Waals surface area contributed by atoms with E-state index in [1.54, 1.807) is 0 Å². The average molecular weight is 1780 g/mol. The number of aromatic nitrogens is 10. The highest BCUT2D eigenvalue weighted by atomic mass is 15.0. The molecule has 2 aliphatic rings. The molecule has 10 heteroatoms. The normalized spacial score (nSPS) is 11.6. The fourth-order valence-corrected chi connectivity index (χ4v) is 20.8. The molecule has 0 amide bonds. The highest BCUT2D eigenvalue weighted by molar-refractivity contribution is 5.89. The molecule has 10 heterocycles. The van der Waals surface area contributed by atoms with Gasteiger partial charge in [-0.15, -0.1) is 0 Å². The Hall–Kier alpha value is -15.5. The van der Waals surface area contributed by atoms with Crippen LogP contribution in [0, 0.1) is 41.5 Å². The van der Waals surface area contributed by atoms with Crippen molar-refractivity contribution >= 4 is 32.6 Å². The lowest BCUT2D eigenvalue weighted by atomic mass is 9.83. The molecule has 0 bridgehead atoms. The molecule has 22 rings (SSSR count). The summed E-state index contributed by atoms with van der Waals surface area (Å²) in [6, 6.07) is 127. The Kier molecular flexibility index (Phi) is 25.8. The van der Waals surface area contributed by atoms with Crippen LogP contribution in [0.4, 0.5) is 0 Å². The number of fused-ring (bicyclic) bond motifs is 9. The minimum absolute atomic E-state index is 0.0694. The number of aryl methyl sites for hydroxylation is 8. The van der Waals surface area contributed by atoms with Crippen LogP contribution in [-0.4, -0.2) is 0 Å². The highest BCUT2D eigenvalue weighted by Crippen LogP contribution is 2.42. The lowest BCUT2D eigenvalue weighted by Gasteiger charge is -2.22. The van der Waals surface area contributed by atoms with Crippen molar-refractivity contribution in [2.45, 2.75) is 80.6 Å². The van der Waals surface area contributed by atoms with E-state index in [0.29, 0.717) is 0 Å². The molecular weight excluding hydrogens is 1650 g/mol. The van der Waals surface area contributed by atoms with Crippen molar-refractivity contribution in [2.24, 2.45) is 70.5 Å². The van der Waals surface area contributed by atoms with Crippen molar-refractivity contribution in [1.82, 2.24) is 0 Å². The van der Waals surface area contributed by atoms with Crippen LogP contribution >= 0.6 is 0 Å². The lowest BCUT2D eigenvalue weighted by molar-refractivity contribution is -0.667. The third kappa shape index (κ3) is 17.5. The molecule has 0 fully saturated rings. The number of benzene rings is 10. The van der Waals surface area contributed by atoms with E-state index in [0.717, 1.165) is 12.8 Å². The molecule has 0 N–H and O–H groups in total. The van der Waals surface area contributed by atoms with Gasteiger partial charge in [-0.25, -0.2) is 22.8 Å². The second-order valence-electron chi connectivity index (χ2n) is 37.7. The molecular formula is C126H124N10+10. The topological polar surface area (TPSA) is 38.8 Å². The van der Waals surface area contributed by atoms with Crippen LogP contribution in [0.2, 0.25) is 0 Å². The summed E-state index contributed by atoms with van der Waals surface area (Å²) in [5.74, 6) is 0. The molecule has 136 heavy (non-hydrogen) atoms. The van der Waals surface area contributed by atoms with Gasteiger partial charge in [-0.2, -0.15) is 22.8 Å². The molecule has 0 atom stereocenters. The molecule has 0 unspecified atom stereocenters. The second-order valence-corrected chi connectivity index (χ2v) is 37.7. The number of nitrogens with zero attached hydrogens (tertiary/aromatic N) is 10. The van der Waals surface area contributed by atoms with E-state index in [1.165, 1.54) is 229 Å². The third-order valence-electron chi connectivity index (χ3n) is 28.5. The molecule has 20 aromatic rings. The van der Waals surface area contributed by atoms with Gasteiger partial charge >= 0.3 is 0 Å². The van der Waals surface area contributed by atoms with Gasteiger partial charge in [0.2, 0.25) is 73.7 Å². The standard InChI is InChI=1S/C27H30N2.2C26H24N2.C24H24N2.C23H22N2/c1-19-20(24-15-9-10-17-28(24)5)13-11-14-21(19)26-18-23(27(2,3)4)22-12-7-8-16-25(22)29(26)6;1-18-21(24-13-6-7-16-27(24)2)11-8-12-22(18)25-15-14-20-17-19-9-4-5-10-23(19)26(20)28(25)3;1-18-20(24-13-6-7-16-27(24)2)11-8-12-21(18)25-15-14-23-22-10-5-4-9-19(22)17-26(23)28(25)3;1-17-20(23-14-7-8-15-25(23)3)12-9-13-21(17)24-16-19-10-5-6-11-22(19)18(2)26(24)4;1-17-19(22-13-6-7-16-24(22)2)10-8-11-20(17)23-15-14-18-9-4-5-12-21(18)25(23)3/h7-18H,1-6H3;2*4-16H,17H2,1-3H3;5-16H,1-4H3;4-16H,1-3H3/q5*+2. The molecule has 10 aromatic heterocycles. The summed E-state index contributed by atoms with van der Waals surface area (Å²) in [7, 11) is 21.4. The van der Waals surface area contributed by atoms with Gasteiger partial charge in [0.05, 0.1) is 11.8 Å². The molecule has 10 nitrogen and oxygen atoms in total. The summed E-state index contributed by atoms with van der Waals surface area (Å²) >= 11 is 0. The SMILES string of the molecule is Cc1c(-c2cccc[n+]2C)cccc1-c1cc(C(C)(C)C)c2ccccc2[n+]1C.Cc1c(-c2cccc[n+]2C)cccc1-c1cc2ccccc2c(C)[n+]1C.Cc1c(-c2cccc[n+]2C)cccc1-c1ccc2c([n+]1C)-c1ccccc1C2.Cc1c(-c2cccc[n+]2C)cccc1-c1ccc2c([n+]1C)Cc1ccccc1-2.Cc1c(-c2cccc[n+]2C)cccc1-c1ccc2ccccc2[n+]1C. The second kappa shape index (κ2) is 38.6. The zero-order valence-electron chi connectivity index (χ0n) is 82.3. The summed E-state index contributed by atoms with van der Waals surface area (Å²) in [4.78, 5) is 0. The Labute approximate surface area is 803 Å². The number of pyridine rings is 10. The van der Waals surface area contributed by atoms with Gasteiger partial charge in [-0.3, -0.25) is 0 Å². The summed E-state index contributed by atoms with van der Waals surface area (Å²) < 4.78 is 22.6. The van der Waals surface area contributed by atoms with Gasteiger partial charge in [0.25, 0.3) is 0 Å². The first kappa shape index (κ1) is 91.0. The Morgan fingerprint density at radius 2 is 0.529 bits per heavy atom. The first-order valence-corrected chi connectivity index (χ1v) is 47.5. The molecule has 10 aromatic carbocycles. The monoisotopic (exact) mass is 1780 g/mol. The van der Waals surface area contributed by atoms with Crippen molar-refractivity contribution in [3.8, 4) is 135 Å². The van der Waals surface area contributed by atoms with Gasteiger partial charge in [0, 0.05) is 200 Å². The first-order chi connectivity index (χ1) is 65.8. The van der Waals surface area contributed by atoms with Crippen LogP contribution in [-0.2, 0) is 88.7 Å². The zero-order chi connectivity index (χ0) is 94.9. The maximum atomic E-state index is 2.39. The molecule has 0 saturated heterocycles. The largest absolute Gasteiger partial charge is 0.216 e. The molecule has 0 radical (unpaired) electrons.